The predicted octanol–water partition coefficient (Wildman–Crippen LogP) is 2.72. The number of hydrogen-bond donors (Lipinski definition) is 2. The van der Waals surface area contributed by atoms with Crippen molar-refractivity contribution in [3.8, 4) is 0 Å². The summed E-state index contributed by atoms with van der Waals surface area (Å²) in [6, 6.07) is 9.68. The molecule has 2 heterocycles. The molecule has 3 rings (SSSR count). The Morgan fingerprint density at radius 3 is 2.70 bits per heavy atom. The fourth-order valence-electron chi connectivity index (χ4n) is 3.74. The lowest BCUT2D eigenvalue weighted by Gasteiger charge is -2.37. The number of hydrogen-bond acceptors (Lipinski definition) is 4. The zero-order valence-corrected chi connectivity index (χ0v) is 15.2. The molecule has 2 aliphatic rings. The number of aliphatic hydroxyl groups is 1. The van der Waals surface area contributed by atoms with Crippen molar-refractivity contribution in [1.29, 1.82) is 0 Å². The van der Waals surface area contributed by atoms with Crippen LogP contribution < -0.4 is 5.32 Å². The van der Waals surface area contributed by atoms with E-state index in [4.69, 9.17) is 4.74 Å². The summed E-state index contributed by atoms with van der Waals surface area (Å²) in [5, 5.41) is 13.2. The average molecular weight is 383 g/mol. The highest BCUT2D eigenvalue weighted by molar-refractivity contribution is 9.10. The second kappa shape index (κ2) is 8.58. The molecule has 2 unspecified atom stereocenters. The van der Waals surface area contributed by atoms with Crippen LogP contribution in [0.3, 0.4) is 0 Å². The number of nitrogens with one attached hydrogen (secondary N) is 1. The van der Waals surface area contributed by atoms with E-state index in [0.29, 0.717) is 12.1 Å². The van der Waals surface area contributed by atoms with Crippen LogP contribution in [0.1, 0.15) is 37.3 Å². The Morgan fingerprint density at radius 2 is 2.04 bits per heavy atom. The van der Waals surface area contributed by atoms with Crippen LogP contribution in [0.2, 0.25) is 0 Å². The Bertz CT molecular complexity index is 486. The third-order valence-electron chi connectivity index (χ3n) is 5.09. The fourth-order valence-corrected chi connectivity index (χ4v) is 4.30. The van der Waals surface area contributed by atoms with Crippen molar-refractivity contribution >= 4 is 15.9 Å². The largest absolute Gasteiger partial charge is 0.396 e. The Hall–Kier alpha value is -0.460. The smallest absolute Gasteiger partial charge is 0.0622 e. The van der Waals surface area contributed by atoms with Gasteiger partial charge < -0.3 is 15.2 Å². The molecule has 0 saturated carbocycles. The maximum atomic E-state index is 9.43. The van der Waals surface area contributed by atoms with E-state index in [-0.39, 0.29) is 12.6 Å². The Kier molecular flexibility index (Phi) is 6.48. The zero-order valence-electron chi connectivity index (χ0n) is 13.6. The molecule has 5 heteroatoms. The third-order valence-corrected chi connectivity index (χ3v) is 5.81. The van der Waals surface area contributed by atoms with E-state index in [2.05, 4.69) is 44.3 Å². The molecule has 2 aliphatic heterocycles. The summed E-state index contributed by atoms with van der Waals surface area (Å²) < 4.78 is 6.63. The van der Waals surface area contributed by atoms with Gasteiger partial charge in [-0.05, 0) is 37.3 Å². The lowest BCUT2D eigenvalue weighted by molar-refractivity contribution is 0.113. The van der Waals surface area contributed by atoms with Crippen LogP contribution >= 0.6 is 15.9 Å². The topological polar surface area (TPSA) is 44.7 Å². The summed E-state index contributed by atoms with van der Waals surface area (Å²) in [6.45, 7) is 4.32. The quantitative estimate of drug-likeness (QED) is 0.793. The van der Waals surface area contributed by atoms with Crippen molar-refractivity contribution in [2.75, 3.05) is 32.9 Å². The number of ether oxygens (including phenoxy) is 1. The summed E-state index contributed by atoms with van der Waals surface area (Å²) in [7, 11) is 0. The summed E-state index contributed by atoms with van der Waals surface area (Å²) in [6.07, 6.45) is 4.27. The standard InChI is InChI=1S/C18H27BrN2O2/c19-17-4-2-1-3-16(17)18(7-11-22)20-14-5-9-21(10-6-14)15-8-12-23-13-15/h1-4,14-15,18,20,22H,5-13H2. The number of nitrogens with zero attached hydrogens (tertiary/aromatic N) is 1. The van der Waals surface area contributed by atoms with Crippen LogP contribution in [0.5, 0.6) is 0 Å². The van der Waals surface area contributed by atoms with Gasteiger partial charge in [-0.15, -0.1) is 0 Å². The van der Waals surface area contributed by atoms with Gasteiger partial charge in [0.15, 0.2) is 0 Å². The van der Waals surface area contributed by atoms with Gasteiger partial charge in [-0.3, -0.25) is 4.90 Å². The van der Waals surface area contributed by atoms with Gasteiger partial charge in [-0.1, -0.05) is 34.1 Å². The monoisotopic (exact) mass is 382 g/mol. The molecule has 23 heavy (non-hydrogen) atoms. The predicted molar refractivity (Wildman–Crippen MR) is 95.5 cm³/mol. The van der Waals surface area contributed by atoms with Crippen molar-refractivity contribution in [3.05, 3.63) is 34.3 Å². The molecule has 0 aliphatic carbocycles. The van der Waals surface area contributed by atoms with E-state index >= 15 is 0 Å². The first kappa shape index (κ1) is 17.4. The van der Waals surface area contributed by atoms with Gasteiger partial charge >= 0.3 is 0 Å². The van der Waals surface area contributed by atoms with Gasteiger partial charge in [0.05, 0.1) is 6.61 Å². The first-order valence-electron chi connectivity index (χ1n) is 8.71. The van der Waals surface area contributed by atoms with Crippen molar-refractivity contribution in [1.82, 2.24) is 10.2 Å². The molecular formula is C18H27BrN2O2. The normalized spacial score (nSPS) is 24.9. The van der Waals surface area contributed by atoms with E-state index in [1.165, 1.54) is 24.8 Å². The second-order valence-electron chi connectivity index (χ2n) is 6.58. The van der Waals surface area contributed by atoms with Gasteiger partial charge in [0.1, 0.15) is 0 Å². The van der Waals surface area contributed by atoms with E-state index in [0.717, 1.165) is 37.2 Å². The number of rotatable bonds is 6. The lowest BCUT2D eigenvalue weighted by Crippen LogP contribution is -2.47. The molecule has 0 amide bonds. The van der Waals surface area contributed by atoms with Crippen LogP contribution in [0, 0.1) is 0 Å². The maximum Gasteiger partial charge on any atom is 0.0622 e. The van der Waals surface area contributed by atoms with E-state index in [1.54, 1.807) is 0 Å². The van der Waals surface area contributed by atoms with Crippen LogP contribution in [-0.2, 0) is 4.74 Å². The fraction of sp³-hybridized carbons (Fsp3) is 0.667. The average Bonchev–Trinajstić information content (AvgIpc) is 3.10. The summed E-state index contributed by atoms with van der Waals surface area (Å²) >= 11 is 3.64. The van der Waals surface area contributed by atoms with E-state index in [1.807, 2.05) is 6.07 Å². The molecule has 2 fully saturated rings. The summed E-state index contributed by atoms with van der Waals surface area (Å²) in [4.78, 5) is 2.59. The van der Waals surface area contributed by atoms with Crippen LogP contribution in [-0.4, -0.2) is 55.0 Å². The molecule has 2 saturated heterocycles. The van der Waals surface area contributed by atoms with Gasteiger partial charge in [0.2, 0.25) is 0 Å². The molecule has 1 aromatic rings. The highest BCUT2D eigenvalue weighted by Gasteiger charge is 2.28. The number of halogens is 1. The minimum Gasteiger partial charge on any atom is -0.396 e. The van der Waals surface area contributed by atoms with Gasteiger partial charge in [0, 0.05) is 48.9 Å². The molecule has 0 aromatic heterocycles. The summed E-state index contributed by atoms with van der Waals surface area (Å²) in [5.74, 6) is 0. The summed E-state index contributed by atoms with van der Waals surface area (Å²) in [5.41, 5.74) is 1.24. The molecule has 1 aromatic carbocycles. The maximum absolute atomic E-state index is 9.43. The number of aliphatic hydroxyl groups excluding tert-OH is 1. The van der Waals surface area contributed by atoms with Gasteiger partial charge in [-0.2, -0.15) is 0 Å². The minimum atomic E-state index is 0.206. The Labute approximate surface area is 147 Å². The van der Waals surface area contributed by atoms with Crippen LogP contribution in [0.4, 0.5) is 0 Å². The molecule has 128 valence electrons. The lowest BCUT2D eigenvalue weighted by atomic mass is 9.98. The van der Waals surface area contributed by atoms with Gasteiger partial charge in [-0.25, -0.2) is 0 Å². The molecule has 2 atom stereocenters. The SMILES string of the molecule is OCCC(NC1CCN(C2CCOC2)CC1)c1ccccc1Br. The Balaban J connectivity index is 1.56. The highest BCUT2D eigenvalue weighted by Crippen LogP contribution is 2.27. The van der Waals surface area contributed by atoms with Crippen molar-refractivity contribution in [2.24, 2.45) is 0 Å². The third kappa shape index (κ3) is 4.54. The van der Waals surface area contributed by atoms with Crippen LogP contribution in [0.25, 0.3) is 0 Å². The molecule has 0 bridgehead atoms. The molecule has 4 nitrogen and oxygen atoms in total. The molecular weight excluding hydrogens is 356 g/mol. The second-order valence-corrected chi connectivity index (χ2v) is 7.44. The zero-order chi connectivity index (χ0) is 16.1. The number of benzene rings is 1. The number of likely N-dealkylation sites (tertiary alicyclic amines) is 1. The first-order valence-corrected chi connectivity index (χ1v) is 9.50. The van der Waals surface area contributed by atoms with Crippen molar-refractivity contribution in [2.45, 2.75) is 43.8 Å². The van der Waals surface area contributed by atoms with Crippen molar-refractivity contribution < 1.29 is 9.84 Å². The number of piperidine rings is 1. The Morgan fingerprint density at radius 1 is 1.26 bits per heavy atom. The highest BCUT2D eigenvalue weighted by atomic mass is 79.9. The molecule has 0 spiro atoms. The minimum absolute atomic E-state index is 0.206. The first-order chi connectivity index (χ1) is 11.3. The van der Waals surface area contributed by atoms with E-state index in [9.17, 15) is 5.11 Å². The molecule has 2 N–H and O–H groups in total. The van der Waals surface area contributed by atoms with Crippen molar-refractivity contribution in [3.63, 3.8) is 0 Å². The van der Waals surface area contributed by atoms with Crippen LogP contribution in [0.15, 0.2) is 28.7 Å². The van der Waals surface area contributed by atoms with Gasteiger partial charge in [0.25, 0.3) is 0 Å². The van der Waals surface area contributed by atoms with E-state index < -0.39 is 0 Å². The molecule has 0 radical (unpaired) electrons.